The molecule has 0 unspecified atom stereocenters. The Morgan fingerprint density at radius 2 is 0.795 bits per heavy atom. The van der Waals surface area contributed by atoms with Gasteiger partial charge < -0.3 is 9.13 Å². The Hall–Kier alpha value is -5.60. The SMILES string of the molecule is Cc1cccc(-n2c3ccccc3c3c4ccc5cc6c(c7ccc(cc32)c4c57)c2ccccc2n6-c2cccc(C)c2)c1. The van der Waals surface area contributed by atoms with Crippen molar-refractivity contribution < 1.29 is 0 Å². The summed E-state index contributed by atoms with van der Waals surface area (Å²) in [5.74, 6) is 0. The molecular formula is C42H28N2. The normalized spacial score (nSPS) is 12.3. The predicted molar refractivity (Wildman–Crippen MR) is 188 cm³/mol. The van der Waals surface area contributed by atoms with Gasteiger partial charge in [-0.15, -0.1) is 0 Å². The zero-order chi connectivity index (χ0) is 29.1. The highest BCUT2D eigenvalue weighted by atomic mass is 15.0. The summed E-state index contributed by atoms with van der Waals surface area (Å²) in [6.07, 6.45) is 0. The molecular weight excluding hydrogens is 532 g/mol. The van der Waals surface area contributed by atoms with E-state index in [4.69, 9.17) is 0 Å². The van der Waals surface area contributed by atoms with E-state index in [1.54, 1.807) is 0 Å². The van der Waals surface area contributed by atoms with Gasteiger partial charge in [-0.3, -0.25) is 0 Å². The van der Waals surface area contributed by atoms with Gasteiger partial charge in [-0.05, 0) is 106 Å². The third-order valence-corrected chi connectivity index (χ3v) is 9.69. The van der Waals surface area contributed by atoms with Crippen LogP contribution in [0.1, 0.15) is 11.1 Å². The quantitative estimate of drug-likeness (QED) is 0.186. The first kappa shape index (κ1) is 23.9. The van der Waals surface area contributed by atoms with Crippen molar-refractivity contribution in [2.24, 2.45) is 0 Å². The van der Waals surface area contributed by atoms with Crippen LogP contribution in [0.4, 0.5) is 0 Å². The van der Waals surface area contributed by atoms with Crippen LogP contribution in [0.15, 0.2) is 133 Å². The maximum Gasteiger partial charge on any atom is 0.0553 e. The van der Waals surface area contributed by atoms with Gasteiger partial charge in [-0.2, -0.15) is 0 Å². The van der Waals surface area contributed by atoms with E-state index >= 15 is 0 Å². The first-order valence-electron chi connectivity index (χ1n) is 15.4. The largest absolute Gasteiger partial charge is 0.309 e. The van der Waals surface area contributed by atoms with E-state index in [-0.39, 0.29) is 0 Å². The second-order valence-electron chi connectivity index (χ2n) is 12.3. The molecule has 2 nitrogen and oxygen atoms in total. The Bertz CT molecular complexity index is 2600. The standard InChI is InChI=1S/C42H28N2/c1-25-9-7-11-29(21-25)43-35-15-5-3-13-31(35)41-33-19-18-28-24-38-42(34-20-17-27(23-37(41)43)39(33)40(28)34)32-14-4-6-16-36(32)44(38)30-12-8-10-26(2)22-30/h3-24H,1-2H3. The Labute approximate surface area is 254 Å². The molecule has 0 aliphatic rings. The minimum Gasteiger partial charge on any atom is -0.309 e. The average Bonchev–Trinajstić information content (AvgIpc) is 3.56. The predicted octanol–water partition coefficient (Wildman–Crippen LogP) is 11.4. The number of hydrogen-bond acceptors (Lipinski definition) is 0. The number of aromatic nitrogens is 2. The third-order valence-electron chi connectivity index (χ3n) is 9.69. The third kappa shape index (κ3) is 3.04. The molecule has 0 spiro atoms. The van der Waals surface area contributed by atoms with E-state index in [2.05, 4.69) is 156 Å². The summed E-state index contributed by atoms with van der Waals surface area (Å²) < 4.78 is 4.89. The summed E-state index contributed by atoms with van der Waals surface area (Å²) in [7, 11) is 0. The number of hydrogen-bond donors (Lipinski definition) is 0. The van der Waals surface area contributed by atoms with Crippen molar-refractivity contribution in [2.75, 3.05) is 0 Å². The summed E-state index contributed by atoms with van der Waals surface area (Å²) in [6, 6.07) is 49.7. The maximum atomic E-state index is 2.44. The molecule has 8 aromatic carbocycles. The summed E-state index contributed by atoms with van der Waals surface area (Å²) >= 11 is 0. The fourth-order valence-electron chi connectivity index (χ4n) is 7.95. The second-order valence-corrected chi connectivity index (χ2v) is 12.3. The van der Waals surface area contributed by atoms with Crippen LogP contribution in [0.3, 0.4) is 0 Å². The van der Waals surface area contributed by atoms with Crippen LogP contribution in [0, 0.1) is 13.8 Å². The Balaban J connectivity index is 1.40. The summed E-state index contributed by atoms with van der Waals surface area (Å²) in [5.41, 5.74) is 9.93. The number of fused-ring (bicyclic) bond motifs is 8. The van der Waals surface area contributed by atoms with Crippen molar-refractivity contribution >= 4 is 75.9 Å². The summed E-state index contributed by atoms with van der Waals surface area (Å²) in [5, 5.41) is 13.2. The molecule has 0 bridgehead atoms. The van der Waals surface area contributed by atoms with Crippen LogP contribution in [0.25, 0.3) is 87.3 Å². The van der Waals surface area contributed by atoms with Gasteiger partial charge in [0.1, 0.15) is 0 Å². The monoisotopic (exact) mass is 560 g/mol. The lowest BCUT2D eigenvalue weighted by atomic mass is 9.90. The van der Waals surface area contributed by atoms with Crippen LogP contribution < -0.4 is 0 Å². The highest BCUT2D eigenvalue weighted by molar-refractivity contribution is 6.37. The van der Waals surface area contributed by atoms with E-state index in [9.17, 15) is 0 Å². The molecule has 2 heteroatoms. The van der Waals surface area contributed by atoms with E-state index in [1.807, 2.05) is 0 Å². The molecule has 44 heavy (non-hydrogen) atoms. The molecule has 0 N–H and O–H groups in total. The molecule has 0 aliphatic heterocycles. The summed E-state index contributed by atoms with van der Waals surface area (Å²) in [4.78, 5) is 0. The number of benzene rings is 8. The molecule has 0 atom stereocenters. The van der Waals surface area contributed by atoms with Crippen LogP contribution in [-0.2, 0) is 0 Å². The van der Waals surface area contributed by atoms with Gasteiger partial charge in [0.05, 0.1) is 22.1 Å². The molecule has 0 fully saturated rings. The topological polar surface area (TPSA) is 9.86 Å². The fourth-order valence-corrected chi connectivity index (χ4v) is 7.95. The van der Waals surface area contributed by atoms with Gasteiger partial charge in [-0.25, -0.2) is 0 Å². The van der Waals surface area contributed by atoms with Gasteiger partial charge in [0, 0.05) is 32.9 Å². The molecule has 0 saturated carbocycles. The summed E-state index contributed by atoms with van der Waals surface area (Å²) in [6.45, 7) is 4.34. The lowest BCUT2D eigenvalue weighted by Crippen LogP contribution is -1.95. The van der Waals surface area contributed by atoms with Crippen molar-refractivity contribution in [3.63, 3.8) is 0 Å². The van der Waals surface area contributed by atoms with Crippen molar-refractivity contribution in [2.45, 2.75) is 13.8 Å². The molecule has 10 aromatic rings. The van der Waals surface area contributed by atoms with Crippen molar-refractivity contribution in [3.05, 3.63) is 145 Å². The first-order valence-corrected chi connectivity index (χ1v) is 15.4. The van der Waals surface area contributed by atoms with Gasteiger partial charge >= 0.3 is 0 Å². The van der Waals surface area contributed by atoms with Crippen LogP contribution in [0.5, 0.6) is 0 Å². The highest BCUT2D eigenvalue weighted by Gasteiger charge is 2.21. The first-order chi connectivity index (χ1) is 21.7. The minimum atomic E-state index is 1.20. The molecule has 10 rings (SSSR count). The van der Waals surface area contributed by atoms with Crippen molar-refractivity contribution in [1.82, 2.24) is 9.13 Å². The van der Waals surface area contributed by atoms with Gasteiger partial charge in [0.2, 0.25) is 0 Å². The van der Waals surface area contributed by atoms with E-state index < -0.39 is 0 Å². The number of aryl methyl sites for hydroxylation is 2. The second kappa shape index (κ2) is 8.49. The zero-order valence-electron chi connectivity index (χ0n) is 24.6. The Morgan fingerprint density at radius 1 is 0.341 bits per heavy atom. The average molecular weight is 561 g/mol. The number of nitrogens with zero attached hydrogens (tertiary/aromatic N) is 2. The van der Waals surface area contributed by atoms with Gasteiger partial charge in [0.15, 0.2) is 0 Å². The van der Waals surface area contributed by atoms with E-state index in [0.717, 1.165) is 0 Å². The Morgan fingerprint density at radius 3 is 1.25 bits per heavy atom. The number of para-hydroxylation sites is 2. The highest BCUT2D eigenvalue weighted by Crippen LogP contribution is 2.46. The Kier molecular flexibility index (Phi) is 4.61. The van der Waals surface area contributed by atoms with Crippen molar-refractivity contribution in [1.29, 1.82) is 0 Å². The van der Waals surface area contributed by atoms with Crippen molar-refractivity contribution in [3.8, 4) is 11.4 Å². The molecule has 0 saturated heterocycles. The van der Waals surface area contributed by atoms with Crippen LogP contribution in [0.2, 0.25) is 0 Å². The zero-order valence-corrected chi connectivity index (χ0v) is 24.6. The van der Waals surface area contributed by atoms with Crippen LogP contribution >= 0.6 is 0 Å². The molecule has 0 radical (unpaired) electrons. The molecule has 0 aliphatic carbocycles. The molecule has 2 heterocycles. The molecule has 206 valence electrons. The molecule has 0 amide bonds. The van der Waals surface area contributed by atoms with E-state index in [0.29, 0.717) is 0 Å². The molecule has 2 aromatic heterocycles. The smallest absolute Gasteiger partial charge is 0.0553 e. The number of rotatable bonds is 2. The van der Waals surface area contributed by atoms with E-state index in [1.165, 1.54) is 98.4 Å². The fraction of sp³-hybridized carbons (Fsp3) is 0.0476. The lowest BCUT2D eigenvalue weighted by Gasteiger charge is -2.15. The van der Waals surface area contributed by atoms with Gasteiger partial charge in [0.25, 0.3) is 0 Å². The lowest BCUT2D eigenvalue weighted by molar-refractivity contribution is 1.17. The maximum absolute atomic E-state index is 2.44. The van der Waals surface area contributed by atoms with Gasteiger partial charge in [-0.1, -0.05) is 84.9 Å². The minimum absolute atomic E-state index is 1.20. The van der Waals surface area contributed by atoms with Crippen LogP contribution in [-0.4, -0.2) is 9.13 Å².